The number of aliphatic imine (C=N–C) groups is 1. The van der Waals surface area contributed by atoms with Crippen molar-refractivity contribution in [3.63, 3.8) is 0 Å². The van der Waals surface area contributed by atoms with Crippen molar-refractivity contribution < 1.29 is 13.6 Å². The van der Waals surface area contributed by atoms with Crippen LogP contribution in [0, 0.1) is 12.7 Å². The Kier molecular flexibility index (Phi) is 7.21. The maximum absolute atomic E-state index is 14.2. The molecule has 3 rings (SSSR count). The fourth-order valence-corrected chi connectivity index (χ4v) is 4.31. The number of rotatable bonds is 4. The SMILES string of the molecule is CN=C(/C(=C\N)NC(=O)c1nc(-c2cc(C)ccc2F)sc1N)N1CCCC(F)CC1. The Balaban J connectivity index is 1.81. The average molecular weight is 449 g/mol. The number of nitrogens with one attached hydrogen (secondary N) is 1. The Morgan fingerprint density at radius 2 is 2.16 bits per heavy atom. The number of aromatic nitrogens is 1. The molecule has 0 spiro atoms. The van der Waals surface area contributed by atoms with Gasteiger partial charge in [0.05, 0.1) is 5.70 Å². The van der Waals surface area contributed by atoms with Crippen molar-refractivity contribution >= 4 is 28.1 Å². The lowest BCUT2D eigenvalue weighted by atomic mass is 10.1. The van der Waals surface area contributed by atoms with Gasteiger partial charge in [0.2, 0.25) is 0 Å². The second kappa shape index (κ2) is 9.86. The minimum Gasteiger partial charge on any atom is -0.403 e. The maximum Gasteiger partial charge on any atom is 0.277 e. The third-order valence-corrected chi connectivity index (χ3v) is 5.96. The van der Waals surface area contributed by atoms with E-state index in [1.165, 1.54) is 12.3 Å². The number of likely N-dealkylation sites (tertiary alicyclic amines) is 1. The highest BCUT2D eigenvalue weighted by atomic mass is 32.1. The molecular formula is C21H26F2N6OS. The van der Waals surface area contributed by atoms with Crippen LogP contribution in [-0.2, 0) is 0 Å². The summed E-state index contributed by atoms with van der Waals surface area (Å²) in [4.78, 5) is 23.3. The van der Waals surface area contributed by atoms with Gasteiger partial charge in [-0.2, -0.15) is 0 Å². The molecule has 1 saturated heterocycles. The van der Waals surface area contributed by atoms with Gasteiger partial charge in [-0.1, -0.05) is 23.0 Å². The van der Waals surface area contributed by atoms with Crippen LogP contribution in [0.25, 0.3) is 10.6 Å². The number of nitrogens with two attached hydrogens (primary N) is 2. The fraction of sp³-hybridized carbons (Fsp3) is 0.381. The normalized spacial score (nSPS) is 18.1. The number of amides is 1. The van der Waals surface area contributed by atoms with Gasteiger partial charge in [-0.25, -0.2) is 13.8 Å². The lowest BCUT2D eigenvalue weighted by Crippen LogP contribution is -2.40. The molecule has 1 aromatic carbocycles. The minimum atomic E-state index is -0.849. The molecule has 0 saturated carbocycles. The number of carbonyl (C=O) groups is 1. The van der Waals surface area contributed by atoms with E-state index in [1.807, 2.05) is 11.8 Å². The van der Waals surface area contributed by atoms with Crippen LogP contribution in [-0.4, -0.2) is 47.9 Å². The van der Waals surface area contributed by atoms with Crippen LogP contribution in [0.2, 0.25) is 0 Å². The van der Waals surface area contributed by atoms with Crippen LogP contribution >= 0.6 is 11.3 Å². The van der Waals surface area contributed by atoms with Crippen LogP contribution in [0.1, 0.15) is 35.3 Å². The van der Waals surface area contributed by atoms with Gasteiger partial charge in [-0.15, -0.1) is 0 Å². The average Bonchev–Trinajstić information content (AvgIpc) is 3.01. The van der Waals surface area contributed by atoms with Gasteiger partial charge in [-0.3, -0.25) is 9.79 Å². The third-order valence-electron chi connectivity index (χ3n) is 5.05. The molecule has 1 unspecified atom stereocenters. The largest absolute Gasteiger partial charge is 0.403 e. The molecule has 0 radical (unpaired) electrons. The van der Waals surface area contributed by atoms with E-state index in [0.29, 0.717) is 43.2 Å². The predicted octanol–water partition coefficient (Wildman–Crippen LogP) is 3.22. The number of nitrogen functional groups attached to an aromatic ring is 1. The van der Waals surface area contributed by atoms with Crippen LogP contribution in [0.5, 0.6) is 0 Å². The first kappa shape index (κ1) is 22.7. The lowest BCUT2D eigenvalue weighted by molar-refractivity contribution is 0.0964. The van der Waals surface area contributed by atoms with E-state index >= 15 is 0 Å². The highest BCUT2D eigenvalue weighted by Gasteiger charge is 2.24. The number of anilines is 1. The van der Waals surface area contributed by atoms with E-state index < -0.39 is 17.9 Å². The summed E-state index contributed by atoms with van der Waals surface area (Å²) in [5.41, 5.74) is 13.2. The van der Waals surface area contributed by atoms with Gasteiger partial charge in [0.15, 0.2) is 5.69 Å². The summed E-state index contributed by atoms with van der Waals surface area (Å²) >= 11 is 1.03. The molecule has 1 aliphatic heterocycles. The number of carbonyl (C=O) groups excluding carboxylic acids is 1. The molecule has 2 aromatic rings. The highest BCUT2D eigenvalue weighted by molar-refractivity contribution is 7.19. The summed E-state index contributed by atoms with van der Waals surface area (Å²) < 4.78 is 27.9. The number of halogens is 2. The Hall–Kier alpha value is -3.01. The summed E-state index contributed by atoms with van der Waals surface area (Å²) in [7, 11) is 1.58. The summed E-state index contributed by atoms with van der Waals surface area (Å²) in [6.45, 7) is 2.91. The number of benzene rings is 1. The molecule has 1 aromatic heterocycles. The van der Waals surface area contributed by atoms with Gasteiger partial charge >= 0.3 is 0 Å². The highest BCUT2D eigenvalue weighted by Crippen LogP contribution is 2.32. The van der Waals surface area contributed by atoms with Gasteiger partial charge in [0, 0.05) is 31.9 Å². The van der Waals surface area contributed by atoms with Crippen LogP contribution in [0.3, 0.4) is 0 Å². The van der Waals surface area contributed by atoms with Crippen molar-refractivity contribution in [2.75, 3.05) is 25.9 Å². The number of hydrogen-bond acceptors (Lipinski definition) is 6. The predicted molar refractivity (Wildman–Crippen MR) is 120 cm³/mol. The van der Waals surface area contributed by atoms with Gasteiger partial charge < -0.3 is 21.7 Å². The van der Waals surface area contributed by atoms with E-state index in [9.17, 15) is 13.6 Å². The first-order valence-corrected chi connectivity index (χ1v) is 10.8. The first-order valence-electron chi connectivity index (χ1n) is 9.96. The smallest absolute Gasteiger partial charge is 0.277 e. The summed E-state index contributed by atoms with van der Waals surface area (Å²) in [5.74, 6) is -0.561. The van der Waals surface area contributed by atoms with Gasteiger partial charge in [0.1, 0.15) is 27.8 Å². The summed E-state index contributed by atoms with van der Waals surface area (Å²) in [5, 5.41) is 3.17. The number of thiazole rings is 1. The zero-order valence-corrected chi connectivity index (χ0v) is 18.3. The standard InChI is InChI=1S/C21H26F2N6OS/c1-12-5-6-15(23)14(10-12)21-28-17(18(25)31-21)20(30)27-16(11-24)19(26-2)29-8-3-4-13(22)7-9-29/h5-6,10-11,13H,3-4,7-9,24-25H2,1-2H3,(H,27,30)/b16-11+,26-19?. The van der Waals surface area contributed by atoms with Crippen molar-refractivity contribution in [2.24, 2.45) is 10.7 Å². The summed E-state index contributed by atoms with van der Waals surface area (Å²) in [6.07, 6.45) is 1.95. The monoisotopic (exact) mass is 448 g/mol. The van der Waals surface area contributed by atoms with Crippen LogP contribution in [0.4, 0.5) is 13.8 Å². The van der Waals surface area contributed by atoms with Crippen LogP contribution in [0.15, 0.2) is 35.1 Å². The van der Waals surface area contributed by atoms with Crippen molar-refractivity contribution in [2.45, 2.75) is 32.4 Å². The van der Waals surface area contributed by atoms with Crippen molar-refractivity contribution in [1.29, 1.82) is 0 Å². The molecule has 2 heterocycles. The molecule has 1 fully saturated rings. The molecule has 10 heteroatoms. The van der Waals surface area contributed by atoms with Crippen molar-refractivity contribution in [3.8, 4) is 10.6 Å². The lowest BCUT2D eigenvalue weighted by Gasteiger charge is -2.25. The van der Waals surface area contributed by atoms with E-state index in [2.05, 4.69) is 15.3 Å². The van der Waals surface area contributed by atoms with Crippen molar-refractivity contribution in [1.82, 2.24) is 15.2 Å². The number of amidine groups is 1. The zero-order chi connectivity index (χ0) is 22.5. The Morgan fingerprint density at radius 3 is 2.87 bits per heavy atom. The Labute approximate surface area is 183 Å². The Morgan fingerprint density at radius 1 is 1.39 bits per heavy atom. The quantitative estimate of drug-likeness (QED) is 0.491. The molecule has 0 bridgehead atoms. The van der Waals surface area contributed by atoms with Crippen LogP contribution < -0.4 is 16.8 Å². The second-order valence-electron chi connectivity index (χ2n) is 7.31. The fourth-order valence-electron chi connectivity index (χ4n) is 3.47. The Bertz CT molecular complexity index is 1020. The molecule has 0 aliphatic carbocycles. The summed E-state index contributed by atoms with van der Waals surface area (Å²) in [6, 6.07) is 4.66. The first-order chi connectivity index (χ1) is 14.8. The molecule has 5 N–H and O–H groups in total. The van der Waals surface area contributed by atoms with E-state index in [-0.39, 0.29) is 22.0 Å². The molecule has 1 amide bonds. The molecule has 31 heavy (non-hydrogen) atoms. The van der Waals surface area contributed by atoms with E-state index in [0.717, 1.165) is 16.9 Å². The van der Waals surface area contributed by atoms with Gasteiger partial charge in [0.25, 0.3) is 5.91 Å². The topological polar surface area (TPSA) is 110 Å². The number of aryl methyl sites for hydroxylation is 1. The molecule has 7 nitrogen and oxygen atoms in total. The van der Waals surface area contributed by atoms with E-state index in [4.69, 9.17) is 11.5 Å². The minimum absolute atomic E-state index is 0.0182. The van der Waals surface area contributed by atoms with Gasteiger partial charge in [-0.05, 0) is 38.3 Å². The number of nitrogens with zero attached hydrogens (tertiary/aromatic N) is 3. The maximum atomic E-state index is 14.2. The van der Waals surface area contributed by atoms with E-state index in [1.54, 1.807) is 19.2 Å². The number of hydrogen-bond donors (Lipinski definition) is 3. The third kappa shape index (κ3) is 5.19. The van der Waals surface area contributed by atoms with Crippen molar-refractivity contribution in [3.05, 3.63) is 47.2 Å². The molecular weight excluding hydrogens is 422 g/mol. The number of alkyl halides is 1. The molecule has 1 atom stereocenters. The molecule has 1 aliphatic rings. The second-order valence-corrected chi connectivity index (χ2v) is 8.34. The zero-order valence-electron chi connectivity index (χ0n) is 17.5. The molecule has 166 valence electrons.